The third-order valence-corrected chi connectivity index (χ3v) is 9.00. The number of fused-ring (bicyclic) bond motifs is 3. The van der Waals surface area contributed by atoms with Crippen molar-refractivity contribution in [2.24, 2.45) is 0 Å². The second kappa shape index (κ2) is 10.6. The summed E-state index contributed by atoms with van der Waals surface area (Å²) < 4.78 is 17.1. The Morgan fingerprint density at radius 1 is 1.06 bits per heavy atom. The number of hydrogen-bond donors (Lipinski definition) is 1. The fourth-order valence-corrected chi connectivity index (χ4v) is 7.08. The van der Waals surface area contributed by atoms with Gasteiger partial charge in [-0.2, -0.15) is 0 Å². The minimum absolute atomic E-state index is 0.0994. The van der Waals surface area contributed by atoms with Crippen molar-refractivity contribution in [3.8, 4) is 17.2 Å². The maximum Gasteiger partial charge on any atom is 0.251 e. The average Bonchev–Trinajstić information content (AvgIpc) is 3.31. The summed E-state index contributed by atoms with van der Waals surface area (Å²) in [6, 6.07) is 7.88. The zero-order valence-electron chi connectivity index (χ0n) is 20.5. The number of carbonyl (C=O) groups excluding carboxylic acids is 1. The topological polar surface area (TPSA) is 72.9 Å². The SMILES string of the molecule is COc1cc(C(=O)NC2CC3CCCC(C2)N3Cc2nc3c(Cl)ccc(Cl)c3s2)cc(OC)c1OC. The van der Waals surface area contributed by atoms with Crippen molar-refractivity contribution in [3.63, 3.8) is 0 Å². The van der Waals surface area contributed by atoms with Gasteiger partial charge in [-0.3, -0.25) is 9.69 Å². The minimum Gasteiger partial charge on any atom is -0.493 e. The molecule has 2 saturated heterocycles. The largest absolute Gasteiger partial charge is 0.493 e. The Morgan fingerprint density at radius 3 is 2.28 bits per heavy atom. The van der Waals surface area contributed by atoms with Gasteiger partial charge in [0, 0.05) is 23.7 Å². The van der Waals surface area contributed by atoms with Gasteiger partial charge in [0.25, 0.3) is 5.91 Å². The predicted molar refractivity (Wildman–Crippen MR) is 143 cm³/mol. The van der Waals surface area contributed by atoms with E-state index in [4.69, 9.17) is 42.4 Å². The summed E-state index contributed by atoms with van der Waals surface area (Å²) >= 11 is 14.4. The highest BCUT2D eigenvalue weighted by Crippen LogP contribution is 2.40. The minimum atomic E-state index is -0.138. The molecule has 5 rings (SSSR count). The van der Waals surface area contributed by atoms with Gasteiger partial charge < -0.3 is 19.5 Å². The van der Waals surface area contributed by atoms with Gasteiger partial charge in [0.1, 0.15) is 10.5 Å². The van der Waals surface area contributed by atoms with Crippen LogP contribution in [-0.2, 0) is 6.54 Å². The summed E-state index contributed by atoms with van der Waals surface area (Å²) in [4.78, 5) is 20.6. The Labute approximate surface area is 224 Å². The van der Waals surface area contributed by atoms with E-state index in [1.54, 1.807) is 50.9 Å². The first-order valence-electron chi connectivity index (χ1n) is 12.0. The normalized spacial score (nSPS) is 21.9. The number of ether oxygens (including phenoxy) is 3. The van der Waals surface area contributed by atoms with Crippen LogP contribution in [0.4, 0.5) is 0 Å². The first kappa shape index (κ1) is 25.4. The second-order valence-electron chi connectivity index (χ2n) is 9.28. The third kappa shape index (κ3) is 4.84. The van der Waals surface area contributed by atoms with E-state index in [1.807, 2.05) is 6.07 Å². The Hall–Kier alpha value is -2.26. The van der Waals surface area contributed by atoms with Crippen LogP contribution in [0.5, 0.6) is 17.2 Å². The molecule has 0 radical (unpaired) electrons. The number of piperidine rings is 2. The van der Waals surface area contributed by atoms with Gasteiger partial charge in [-0.25, -0.2) is 4.98 Å². The fourth-order valence-electron chi connectivity index (χ4n) is 5.55. The van der Waals surface area contributed by atoms with Crippen LogP contribution in [0.1, 0.15) is 47.5 Å². The lowest BCUT2D eigenvalue weighted by Crippen LogP contribution is -2.56. The van der Waals surface area contributed by atoms with Crippen molar-refractivity contribution in [2.45, 2.75) is 56.8 Å². The van der Waals surface area contributed by atoms with Gasteiger partial charge >= 0.3 is 0 Å². The van der Waals surface area contributed by atoms with Crippen molar-refractivity contribution in [3.05, 3.63) is 44.9 Å². The predicted octanol–water partition coefficient (Wildman–Crippen LogP) is 5.94. The van der Waals surface area contributed by atoms with Gasteiger partial charge in [0.05, 0.1) is 42.6 Å². The number of carbonyl (C=O) groups is 1. The smallest absolute Gasteiger partial charge is 0.251 e. The summed E-state index contributed by atoms with van der Waals surface area (Å²) in [7, 11) is 4.64. The Morgan fingerprint density at radius 2 is 1.69 bits per heavy atom. The third-order valence-electron chi connectivity index (χ3n) is 7.20. The molecule has 1 aromatic heterocycles. The Balaban J connectivity index is 1.30. The molecule has 2 bridgehead atoms. The molecule has 7 nitrogen and oxygen atoms in total. The second-order valence-corrected chi connectivity index (χ2v) is 11.2. The highest BCUT2D eigenvalue weighted by molar-refractivity contribution is 7.19. The summed E-state index contributed by atoms with van der Waals surface area (Å²) in [6.45, 7) is 0.773. The number of halogens is 2. The van der Waals surface area contributed by atoms with E-state index in [0.29, 0.717) is 44.9 Å². The number of rotatable bonds is 7. The van der Waals surface area contributed by atoms with Gasteiger partial charge in [-0.05, 0) is 49.9 Å². The van der Waals surface area contributed by atoms with Gasteiger partial charge in [0.15, 0.2) is 11.5 Å². The summed E-state index contributed by atoms with van der Waals surface area (Å²) in [5.74, 6) is 1.26. The molecular formula is C26H29Cl2N3O4S. The number of aromatic nitrogens is 1. The molecule has 1 amide bonds. The van der Waals surface area contributed by atoms with E-state index in [1.165, 1.54) is 6.42 Å². The number of benzene rings is 2. The molecule has 2 unspecified atom stereocenters. The van der Waals surface area contributed by atoms with Crippen molar-refractivity contribution < 1.29 is 19.0 Å². The van der Waals surface area contributed by atoms with Crippen molar-refractivity contribution in [1.29, 1.82) is 0 Å². The van der Waals surface area contributed by atoms with E-state index in [9.17, 15) is 4.79 Å². The lowest BCUT2D eigenvalue weighted by Gasteiger charge is -2.48. The van der Waals surface area contributed by atoms with Crippen LogP contribution in [0.3, 0.4) is 0 Å². The molecule has 2 aliphatic heterocycles. The molecule has 2 fully saturated rings. The van der Waals surface area contributed by atoms with E-state index in [0.717, 1.165) is 47.5 Å². The molecule has 192 valence electrons. The first-order valence-corrected chi connectivity index (χ1v) is 13.6. The maximum absolute atomic E-state index is 13.2. The monoisotopic (exact) mass is 549 g/mol. The van der Waals surface area contributed by atoms with Crippen molar-refractivity contribution >= 4 is 50.7 Å². The number of amides is 1. The zero-order chi connectivity index (χ0) is 25.4. The summed E-state index contributed by atoms with van der Waals surface area (Å²) in [6.07, 6.45) is 5.23. The molecule has 0 aliphatic carbocycles. The maximum atomic E-state index is 13.2. The van der Waals surface area contributed by atoms with Crippen LogP contribution in [-0.4, -0.2) is 55.2 Å². The van der Waals surface area contributed by atoms with E-state index in [2.05, 4.69) is 10.2 Å². The van der Waals surface area contributed by atoms with E-state index < -0.39 is 0 Å². The first-order chi connectivity index (χ1) is 17.4. The van der Waals surface area contributed by atoms with Crippen LogP contribution in [0.15, 0.2) is 24.3 Å². The van der Waals surface area contributed by atoms with E-state index >= 15 is 0 Å². The number of methoxy groups -OCH3 is 3. The molecule has 10 heteroatoms. The average molecular weight is 551 g/mol. The molecule has 2 aliphatic rings. The van der Waals surface area contributed by atoms with Gasteiger partial charge in [-0.15, -0.1) is 11.3 Å². The molecule has 2 atom stereocenters. The van der Waals surface area contributed by atoms with Crippen LogP contribution < -0.4 is 19.5 Å². The molecule has 36 heavy (non-hydrogen) atoms. The molecule has 1 N–H and O–H groups in total. The molecule has 2 aromatic carbocycles. The Kier molecular flexibility index (Phi) is 7.49. The highest BCUT2D eigenvalue weighted by atomic mass is 35.5. The van der Waals surface area contributed by atoms with Gasteiger partial charge in [0.2, 0.25) is 5.75 Å². The molecule has 3 aromatic rings. The number of thiazole rings is 1. The van der Waals surface area contributed by atoms with Crippen molar-refractivity contribution in [2.75, 3.05) is 21.3 Å². The summed E-state index contributed by atoms with van der Waals surface area (Å²) in [5, 5.41) is 5.60. The molecule has 3 heterocycles. The van der Waals surface area contributed by atoms with Crippen LogP contribution in [0.25, 0.3) is 10.2 Å². The quantitative estimate of drug-likeness (QED) is 0.393. The fraction of sp³-hybridized carbons (Fsp3) is 0.462. The molecule has 0 spiro atoms. The summed E-state index contributed by atoms with van der Waals surface area (Å²) in [5.41, 5.74) is 1.27. The number of nitrogens with zero attached hydrogens (tertiary/aromatic N) is 2. The highest BCUT2D eigenvalue weighted by Gasteiger charge is 2.39. The number of hydrogen-bond acceptors (Lipinski definition) is 7. The van der Waals surface area contributed by atoms with E-state index in [-0.39, 0.29) is 11.9 Å². The molecule has 0 saturated carbocycles. The van der Waals surface area contributed by atoms with Crippen LogP contribution >= 0.6 is 34.5 Å². The molecular weight excluding hydrogens is 521 g/mol. The zero-order valence-corrected chi connectivity index (χ0v) is 22.8. The lowest BCUT2D eigenvalue weighted by molar-refractivity contribution is 0.0177. The van der Waals surface area contributed by atoms with Crippen LogP contribution in [0.2, 0.25) is 10.0 Å². The number of nitrogens with one attached hydrogen (secondary N) is 1. The van der Waals surface area contributed by atoms with Gasteiger partial charge in [-0.1, -0.05) is 29.6 Å². The van der Waals surface area contributed by atoms with Crippen LogP contribution in [0, 0.1) is 0 Å². The standard InChI is InChI=1S/C26H29Cl2N3O4S/c1-33-20-9-14(10-21(34-2)24(20)35-3)26(32)29-15-11-16-5-4-6-17(12-15)31(16)13-22-30-23-18(27)7-8-19(28)25(23)36-22/h7-10,15-17H,4-6,11-13H2,1-3H3,(H,29,32). The Bertz CT molecular complexity index is 1210. The van der Waals surface area contributed by atoms with Crippen molar-refractivity contribution in [1.82, 2.24) is 15.2 Å². The lowest BCUT2D eigenvalue weighted by atomic mass is 9.81.